The number of alkyl halides is 3. The van der Waals surface area contributed by atoms with Gasteiger partial charge in [0.15, 0.2) is 5.76 Å². The molecular formula is C20H13Cl3O2. The van der Waals surface area contributed by atoms with Crippen LogP contribution in [0, 0.1) is 0 Å². The maximum atomic E-state index is 11.7. The zero-order valence-electron chi connectivity index (χ0n) is 13.0. The van der Waals surface area contributed by atoms with Crippen molar-refractivity contribution in [3.8, 4) is 11.1 Å². The van der Waals surface area contributed by atoms with Crippen LogP contribution in [0.5, 0.6) is 0 Å². The van der Waals surface area contributed by atoms with E-state index in [4.69, 9.17) is 39.2 Å². The number of hydrogen-bond acceptors (Lipinski definition) is 2. The van der Waals surface area contributed by atoms with Crippen molar-refractivity contribution in [2.75, 3.05) is 0 Å². The molecule has 0 spiro atoms. The standard InChI is InChI=1S/C20H13Cl3O2/c21-20(22,23)18-12-17(13-19(24)25-18)16-10-8-15(9-11-16)7-6-14-4-2-1-3-5-14/h1-13H. The highest BCUT2D eigenvalue weighted by Gasteiger charge is 2.27. The van der Waals surface area contributed by atoms with E-state index < -0.39 is 9.42 Å². The Hall–Kier alpha value is -2.00. The molecule has 0 aliphatic heterocycles. The van der Waals surface area contributed by atoms with E-state index in [1.807, 2.05) is 66.7 Å². The Labute approximate surface area is 160 Å². The molecule has 2 nitrogen and oxygen atoms in total. The van der Waals surface area contributed by atoms with E-state index in [0.29, 0.717) is 5.56 Å². The van der Waals surface area contributed by atoms with Gasteiger partial charge in [0.2, 0.25) is 3.79 Å². The molecule has 2 aromatic carbocycles. The maximum absolute atomic E-state index is 11.7. The van der Waals surface area contributed by atoms with E-state index in [1.165, 1.54) is 6.07 Å². The molecule has 5 heteroatoms. The van der Waals surface area contributed by atoms with E-state index >= 15 is 0 Å². The van der Waals surface area contributed by atoms with Crippen LogP contribution in [0.2, 0.25) is 0 Å². The zero-order chi connectivity index (χ0) is 17.9. The van der Waals surface area contributed by atoms with Crippen molar-refractivity contribution >= 4 is 47.0 Å². The summed E-state index contributed by atoms with van der Waals surface area (Å²) in [5, 5.41) is 0. The highest BCUT2D eigenvalue weighted by Crippen LogP contribution is 2.38. The number of benzene rings is 2. The van der Waals surface area contributed by atoms with Crippen LogP contribution in [0.4, 0.5) is 0 Å². The highest BCUT2D eigenvalue weighted by atomic mass is 35.6. The van der Waals surface area contributed by atoms with Gasteiger partial charge in [-0.1, -0.05) is 102 Å². The molecule has 0 saturated heterocycles. The van der Waals surface area contributed by atoms with Crippen LogP contribution in [-0.2, 0) is 3.79 Å². The topological polar surface area (TPSA) is 30.2 Å². The van der Waals surface area contributed by atoms with Gasteiger partial charge >= 0.3 is 5.63 Å². The van der Waals surface area contributed by atoms with Gasteiger partial charge in [-0.25, -0.2) is 4.79 Å². The van der Waals surface area contributed by atoms with Crippen LogP contribution < -0.4 is 5.63 Å². The van der Waals surface area contributed by atoms with E-state index in [1.54, 1.807) is 6.07 Å². The molecule has 0 fully saturated rings. The molecule has 3 rings (SSSR count). The van der Waals surface area contributed by atoms with Gasteiger partial charge in [-0.3, -0.25) is 0 Å². The summed E-state index contributed by atoms with van der Waals surface area (Å²) in [6.07, 6.45) is 4.05. The monoisotopic (exact) mass is 390 g/mol. The first-order valence-corrected chi connectivity index (χ1v) is 8.61. The number of hydrogen-bond donors (Lipinski definition) is 0. The lowest BCUT2D eigenvalue weighted by molar-refractivity contribution is 0.466. The molecule has 0 radical (unpaired) electrons. The summed E-state index contributed by atoms with van der Waals surface area (Å²) in [6, 6.07) is 20.7. The number of rotatable bonds is 3. The van der Waals surface area contributed by atoms with Crippen molar-refractivity contribution in [1.82, 2.24) is 0 Å². The molecule has 0 bridgehead atoms. The van der Waals surface area contributed by atoms with Gasteiger partial charge in [-0.05, 0) is 28.3 Å². The second-order valence-electron chi connectivity index (χ2n) is 5.39. The molecule has 0 aliphatic carbocycles. The summed E-state index contributed by atoms with van der Waals surface area (Å²) < 4.78 is 3.17. The van der Waals surface area contributed by atoms with Crippen LogP contribution in [0.15, 0.2) is 75.9 Å². The van der Waals surface area contributed by atoms with Crippen molar-refractivity contribution < 1.29 is 4.42 Å². The Morgan fingerprint density at radius 3 is 1.96 bits per heavy atom. The summed E-state index contributed by atoms with van der Waals surface area (Å²) in [4.78, 5) is 11.7. The van der Waals surface area contributed by atoms with Crippen LogP contribution in [0.3, 0.4) is 0 Å². The Bertz CT molecular complexity index is 937. The average Bonchev–Trinajstić information content (AvgIpc) is 2.60. The lowest BCUT2D eigenvalue weighted by atomic mass is 10.0. The molecule has 0 N–H and O–H groups in total. The first-order chi connectivity index (χ1) is 11.9. The quantitative estimate of drug-likeness (QED) is 0.387. The summed E-state index contributed by atoms with van der Waals surface area (Å²) in [5.41, 5.74) is 3.07. The lowest BCUT2D eigenvalue weighted by Gasteiger charge is -2.10. The molecule has 25 heavy (non-hydrogen) atoms. The fourth-order valence-corrected chi connectivity index (χ4v) is 2.61. The third-order valence-corrected chi connectivity index (χ3v) is 4.12. The van der Waals surface area contributed by atoms with Crippen LogP contribution >= 0.6 is 34.8 Å². The van der Waals surface area contributed by atoms with Gasteiger partial charge in [-0.15, -0.1) is 0 Å². The van der Waals surface area contributed by atoms with Gasteiger partial charge in [-0.2, -0.15) is 0 Å². The molecular weight excluding hydrogens is 379 g/mol. The number of halogens is 3. The lowest BCUT2D eigenvalue weighted by Crippen LogP contribution is -2.07. The smallest absolute Gasteiger partial charge is 0.336 e. The molecule has 0 unspecified atom stereocenters. The molecule has 3 aromatic rings. The van der Waals surface area contributed by atoms with Crippen molar-refractivity contribution in [1.29, 1.82) is 0 Å². The third kappa shape index (κ3) is 4.76. The first-order valence-electron chi connectivity index (χ1n) is 7.48. The predicted octanol–water partition coefficient (Wildman–Crippen LogP) is 6.30. The Morgan fingerprint density at radius 1 is 0.760 bits per heavy atom. The van der Waals surface area contributed by atoms with Crippen molar-refractivity contribution in [3.05, 3.63) is 94.0 Å². The average molecular weight is 392 g/mol. The second-order valence-corrected chi connectivity index (χ2v) is 7.67. The van der Waals surface area contributed by atoms with Gasteiger partial charge in [0.05, 0.1) is 0 Å². The molecule has 0 saturated carbocycles. The summed E-state index contributed by atoms with van der Waals surface area (Å²) in [5.74, 6) is -0.00644. The minimum absolute atomic E-state index is 0.00644. The normalized spacial score (nSPS) is 11.8. The van der Waals surface area contributed by atoms with Crippen molar-refractivity contribution in [3.63, 3.8) is 0 Å². The SMILES string of the molecule is O=c1cc(-c2ccc(C=Cc3ccccc3)cc2)cc(C(Cl)(Cl)Cl)o1. The third-order valence-electron chi connectivity index (χ3n) is 3.56. The van der Waals surface area contributed by atoms with Gasteiger partial charge in [0.1, 0.15) is 0 Å². The van der Waals surface area contributed by atoms with Crippen LogP contribution in [0.25, 0.3) is 23.3 Å². The van der Waals surface area contributed by atoms with Crippen LogP contribution in [-0.4, -0.2) is 0 Å². The van der Waals surface area contributed by atoms with E-state index in [2.05, 4.69) is 0 Å². The molecule has 0 atom stereocenters. The minimum atomic E-state index is -1.78. The molecule has 126 valence electrons. The predicted molar refractivity (Wildman–Crippen MR) is 105 cm³/mol. The van der Waals surface area contributed by atoms with E-state index in [-0.39, 0.29) is 5.76 Å². The molecule has 1 aromatic heterocycles. The summed E-state index contributed by atoms with van der Waals surface area (Å²) >= 11 is 17.4. The van der Waals surface area contributed by atoms with Gasteiger partial charge < -0.3 is 4.42 Å². The molecule has 0 amide bonds. The minimum Gasteiger partial charge on any atom is -0.423 e. The molecule has 1 heterocycles. The first kappa shape index (κ1) is 17.8. The second kappa shape index (κ2) is 7.49. The highest BCUT2D eigenvalue weighted by molar-refractivity contribution is 6.66. The van der Waals surface area contributed by atoms with Gasteiger partial charge in [0, 0.05) is 6.07 Å². The maximum Gasteiger partial charge on any atom is 0.336 e. The van der Waals surface area contributed by atoms with Crippen LogP contribution in [0.1, 0.15) is 16.9 Å². The zero-order valence-corrected chi connectivity index (χ0v) is 15.2. The summed E-state index contributed by atoms with van der Waals surface area (Å²) in [6.45, 7) is 0. The Morgan fingerprint density at radius 2 is 1.36 bits per heavy atom. The largest absolute Gasteiger partial charge is 0.423 e. The van der Waals surface area contributed by atoms with Crippen molar-refractivity contribution in [2.24, 2.45) is 0 Å². The fraction of sp³-hybridized carbons (Fsp3) is 0.0500. The Balaban J connectivity index is 1.87. The van der Waals surface area contributed by atoms with Gasteiger partial charge in [0.25, 0.3) is 0 Å². The Kier molecular flexibility index (Phi) is 5.33. The van der Waals surface area contributed by atoms with E-state index in [0.717, 1.165) is 16.7 Å². The van der Waals surface area contributed by atoms with Crippen molar-refractivity contribution in [2.45, 2.75) is 3.79 Å². The molecule has 0 aliphatic rings. The van der Waals surface area contributed by atoms with E-state index in [9.17, 15) is 4.79 Å². The fourth-order valence-electron chi connectivity index (χ4n) is 2.33. The summed E-state index contributed by atoms with van der Waals surface area (Å²) in [7, 11) is 0.